The van der Waals surface area contributed by atoms with Gasteiger partial charge in [-0.15, -0.1) is 0 Å². The number of rotatable bonds is 5. The third kappa shape index (κ3) is 3.82. The lowest BCUT2D eigenvalue weighted by atomic mass is 10.2. The summed E-state index contributed by atoms with van der Waals surface area (Å²) in [5.74, 6) is -0.438. The topological polar surface area (TPSA) is 42.7 Å². The molecule has 2 aromatic rings. The van der Waals surface area contributed by atoms with Gasteiger partial charge in [-0.3, -0.25) is 0 Å². The molecular formula is C13H16F2N4. The maximum Gasteiger partial charge on any atom is 0.141 e. The SMILES string of the molecule is CC(C)NCc1ncnn1Cc1cc(F)cc(F)c1. The van der Waals surface area contributed by atoms with E-state index in [1.165, 1.54) is 18.5 Å². The van der Waals surface area contributed by atoms with Gasteiger partial charge in [0.25, 0.3) is 0 Å². The minimum Gasteiger partial charge on any atom is -0.308 e. The Balaban J connectivity index is 2.12. The van der Waals surface area contributed by atoms with Crippen LogP contribution in [0.5, 0.6) is 0 Å². The van der Waals surface area contributed by atoms with Crippen LogP contribution in [0.2, 0.25) is 0 Å². The Bertz CT molecular complexity index is 531. The van der Waals surface area contributed by atoms with Crippen molar-refractivity contribution in [2.75, 3.05) is 0 Å². The molecule has 0 saturated heterocycles. The third-order valence-electron chi connectivity index (χ3n) is 2.62. The van der Waals surface area contributed by atoms with Gasteiger partial charge in [0, 0.05) is 12.1 Å². The van der Waals surface area contributed by atoms with E-state index < -0.39 is 11.6 Å². The van der Waals surface area contributed by atoms with Gasteiger partial charge >= 0.3 is 0 Å². The highest BCUT2D eigenvalue weighted by atomic mass is 19.1. The van der Waals surface area contributed by atoms with E-state index in [9.17, 15) is 8.78 Å². The van der Waals surface area contributed by atoms with Crippen molar-refractivity contribution in [1.82, 2.24) is 20.1 Å². The largest absolute Gasteiger partial charge is 0.308 e. The predicted molar refractivity (Wildman–Crippen MR) is 67.5 cm³/mol. The van der Waals surface area contributed by atoms with Gasteiger partial charge in [-0.05, 0) is 17.7 Å². The Morgan fingerprint density at radius 1 is 1.21 bits per heavy atom. The predicted octanol–water partition coefficient (Wildman–Crippen LogP) is 2.10. The zero-order valence-corrected chi connectivity index (χ0v) is 10.9. The van der Waals surface area contributed by atoms with Gasteiger partial charge in [-0.25, -0.2) is 18.4 Å². The van der Waals surface area contributed by atoms with Crippen LogP contribution in [0.4, 0.5) is 8.78 Å². The van der Waals surface area contributed by atoms with Crippen molar-refractivity contribution in [3.63, 3.8) is 0 Å². The molecular weight excluding hydrogens is 250 g/mol. The van der Waals surface area contributed by atoms with E-state index in [4.69, 9.17) is 0 Å². The maximum absolute atomic E-state index is 13.1. The van der Waals surface area contributed by atoms with E-state index in [0.717, 1.165) is 11.9 Å². The molecule has 0 aliphatic heterocycles. The lowest BCUT2D eigenvalue weighted by Gasteiger charge is -2.09. The standard InChI is InChI=1S/C13H16F2N4/c1-9(2)16-6-13-17-8-18-19(13)7-10-3-11(14)5-12(15)4-10/h3-5,8-9,16H,6-7H2,1-2H3. The van der Waals surface area contributed by atoms with Crippen LogP contribution in [-0.4, -0.2) is 20.8 Å². The van der Waals surface area contributed by atoms with E-state index >= 15 is 0 Å². The van der Waals surface area contributed by atoms with Gasteiger partial charge in [0.1, 0.15) is 23.8 Å². The summed E-state index contributed by atoms with van der Waals surface area (Å²) in [6.07, 6.45) is 1.44. The van der Waals surface area contributed by atoms with Crippen LogP contribution in [0, 0.1) is 11.6 Å². The quantitative estimate of drug-likeness (QED) is 0.901. The van der Waals surface area contributed by atoms with Crippen LogP contribution < -0.4 is 5.32 Å². The van der Waals surface area contributed by atoms with Crippen molar-refractivity contribution < 1.29 is 8.78 Å². The summed E-state index contributed by atoms with van der Waals surface area (Å²) in [5, 5.41) is 7.29. The molecule has 0 saturated carbocycles. The molecule has 4 nitrogen and oxygen atoms in total. The maximum atomic E-state index is 13.1. The van der Waals surface area contributed by atoms with E-state index in [0.29, 0.717) is 24.7 Å². The molecule has 1 aromatic heterocycles. The molecule has 0 amide bonds. The molecule has 0 radical (unpaired) electrons. The second-order valence-corrected chi connectivity index (χ2v) is 4.65. The Kier molecular flexibility index (Phi) is 4.21. The number of benzene rings is 1. The van der Waals surface area contributed by atoms with E-state index in [2.05, 4.69) is 15.4 Å². The van der Waals surface area contributed by atoms with Gasteiger partial charge in [0.15, 0.2) is 0 Å². The van der Waals surface area contributed by atoms with Crippen LogP contribution in [0.1, 0.15) is 25.2 Å². The fraction of sp³-hybridized carbons (Fsp3) is 0.385. The average molecular weight is 266 g/mol. The summed E-state index contributed by atoms with van der Waals surface area (Å²) in [4.78, 5) is 4.13. The fourth-order valence-corrected chi connectivity index (χ4v) is 1.73. The first-order valence-corrected chi connectivity index (χ1v) is 6.09. The molecule has 0 atom stereocenters. The van der Waals surface area contributed by atoms with Crippen molar-refractivity contribution in [2.24, 2.45) is 0 Å². The molecule has 6 heteroatoms. The van der Waals surface area contributed by atoms with E-state index in [1.54, 1.807) is 4.68 Å². The zero-order chi connectivity index (χ0) is 13.8. The number of hydrogen-bond donors (Lipinski definition) is 1. The molecule has 2 rings (SSSR count). The third-order valence-corrected chi connectivity index (χ3v) is 2.62. The zero-order valence-electron chi connectivity index (χ0n) is 10.9. The molecule has 1 N–H and O–H groups in total. The number of nitrogens with one attached hydrogen (secondary N) is 1. The molecule has 0 bridgehead atoms. The van der Waals surface area contributed by atoms with Crippen LogP contribution in [-0.2, 0) is 13.1 Å². The number of halogens is 2. The van der Waals surface area contributed by atoms with Crippen LogP contribution in [0.25, 0.3) is 0 Å². The van der Waals surface area contributed by atoms with Crippen LogP contribution >= 0.6 is 0 Å². The van der Waals surface area contributed by atoms with Gasteiger partial charge in [-0.1, -0.05) is 13.8 Å². The Hall–Kier alpha value is -1.82. The normalized spacial score (nSPS) is 11.2. The molecule has 0 fully saturated rings. The van der Waals surface area contributed by atoms with Crippen LogP contribution in [0.15, 0.2) is 24.5 Å². The minimum atomic E-state index is -0.586. The van der Waals surface area contributed by atoms with Gasteiger partial charge < -0.3 is 5.32 Å². The summed E-state index contributed by atoms with van der Waals surface area (Å²) < 4.78 is 27.9. The number of aromatic nitrogens is 3. The monoisotopic (exact) mass is 266 g/mol. The lowest BCUT2D eigenvalue weighted by molar-refractivity contribution is 0.534. The average Bonchev–Trinajstić information content (AvgIpc) is 2.72. The van der Waals surface area contributed by atoms with Crippen molar-refractivity contribution in [1.29, 1.82) is 0 Å². The van der Waals surface area contributed by atoms with Crippen LogP contribution in [0.3, 0.4) is 0 Å². The highest BCUT2D eigenvalue weighted by Gasteiger charge is 2.07. The first kappa shape index (κ1) is 13.6. The summed E-state index contributed by atoms with van der Waals surface area (Å²) in [7, 11) is 0. The van der Waals surface area contributed by atoms with Crippen molar-refractivity contribution in [3.8, 4) is 0 Å². The number of nitrogens with zero attached hydrogens (tertiary/aromatic N) is 3. The minimum absolute atomic E-state index is 0.295. The molecule has 102 valence electrons. The summed E-state index contributed by atoms with van der Waals surface area (Å²) in [6, 6.07) is 3.78. The second kappa shape index (κ2) is 5.88. The van der Waals surface area contributed by atoms with Crippen molar-refractivity contribution >= 4 is 0 Å². The first-order chi connectivity index (χ1) is 9.04. The summed E-state index contributed by atoms with van der Waals surface area (Å²) in [5.41, 5.74) is 0.522. The smallest absolute Gasteiger partial charge is 0.141 e. The van der Waals surface area contributed by atoms with Gasteiger partial charge in [-0.2, -0.15) is 5.10 Å². The molecule has 0 spiro atoms. The Morgan fingerprint density at radius 2 is 1.89 bits per heavy atom. The summed E-state index contributed by atoms with van der Waals surface area (Å²) in [6.45, 7) is 4.92. The molecule has 19 heavy (non-hydrogen) atoms. The Morgan fingerprint density at radius 3 is 2.53 bits per heavy atom. The fourth-order valence-electron chi connectivity index (χ4n) is 1.73. The molecule has 0 aliphatic carbocycles. The second-order valence-electron chi connectivity index (χ2n) is 4.65. The summed E-state index contributed by atoms with van der Waals surface area (Å²) >= 11 is 0. The van der Waals surface area contributed by atoms with E-state index in [-0.39, 0.29) is 0 Å². The molecule has 0 aliphatic rings. The van der Waals surface area contributed by atoms with E-state index in [1.807, 2.05) is 13.8 Å². The Labute approximate surface area is 110 Å². The highest BCUT2D eigenvalue weighted by Crippen LogP contribution is 2.10. The highest BCUT2D eigenvalue weighted by molar-refractivity contribution is 5.18. The van der Waals surface area contributed by atoms with Gasteiger partial charge in [0.05, 0.1) is 13.1 Å². The van der Waals surface area contributed by atoms with Gasteiger partial charge in [0.2, 0.25) is 0 Å². The molecule has 1 aromatic carbocycles. The lowest BCUT2D eigenvalue weighted by Crippen LogP contribution is -2.24. The molecule has 1 heterocycles. The van der Waals surface area contributed by atoms with Crippen molar-refractivity contribution in [3.05, 3.63) is 47.5 Å². The first-order valence-electron chi connectivity index (χ1n) is 6.09. The molecule has 0 unspecified atom stereocenters. The number of hydrogen-bond acceptors (Lipinski definition) is 3. The van der Waals surface area contributed by atoms with Crippen molar-refractivity contribution in [2.45, 2.75) is 33.0 Å².